The van der Waals surface area contributed by atoms with Gasteiger partial charge in [0, 0.05) is 24.7 Å². The molecule has 0 bridgehead atoms. The van der Waals surface area contributed by atoms with Gasteiger partial charge in [0.1, 0.15) is 5.82 Å². The predicted molar refractivity (Wildman–Crippen MR) is 76.8 cm³/mol. The minimum Gasteiger partial charge on any atom is -0.393 e. The zero-order valence-corrected chi connectivity index (χ0v) is 11.8. The Balaban J connectivity index is 2.03. The van der Waals surface area contributed by atoms with Gasteiger partial charge in [-0.05, 0) is 56.4 Å². The molecule has 19 heavy (non-hydrogen) atoms. The van der Waals surface area contributed by atoms with Gasteiger partial charge in [-0.2, -0.15) is 0 Å². The van der Waals surface area contributed by atoms with E-state index in [4.69, 9.17) is 0 Å². The third-order valence-corrected chi connectivity index (χ3v) is 4.23. The van der Waals surface area contributed by atoms with Crippen LogP contribution in [0.15, 0.2) is 24.3 Å². The summed E-state index contributed by atoms with van der Waals surface area (Å²) in [6.07, 6.45) is 2.93. The number of nitrogens with zero attached hydrogens (tertiary/aromatic N) is 1. The zero-order valence-electron chi connectivity index (χ0n) is 11.8. The van der Waals surface area contributed by atoms with E-state index in [9.17, 15) is 9.50 Å². The van der Waals surface area contributed by atoms with E-state index >= 15 is 0 Å². The Kier molecular flexibility index (Phi) is 4.81. The molecule has 3 atom stereocenters. The Hall–Kier alpha value is -1.09. The SMILES string of the molecule is CCN(CC1CC(C)CCC1O)c1ccc(F)cc1. The van der Waals surface area contributed by atoms with Crippen molar-refractivity contribution in [1.82, 2.24) is 0 Å². The van der Waals surface area contributed by atoms with Gasteiger partial charge in [0.05, 0.1) is 6.10 Å². The van der Waals surface area contributed by atoms with Crippen molar-refractivity contribution >= 4 is 5.69 Å². The molecule has 3 heteroatoms. The molecule has 1 aromatic carbocycles. The number of hydrogen-bond acceptors (Lipinski definition) is 2. The third-order valence-electron chi connectivity index (χ3n) is 4.23. The number of aliphatic hydroxyl groups is 1. The molecule has 1 aliphatic rings. The van der Waals surface area contributed by atoms with Gasteiger partial charge in [0.2, 0.25) is 0 Å². The Labute approximate surface area is 115 Å². The highest BCUT2D eigenvalue weighted by Gasteiger charge is 2.28. The molecule has 1 aromatic rings. The summed E-state index contributed by atoms with van der Waals surface area (Å²) in [5.41, 5.74) is 1.04. The maximum atomic E-state index is 13.0. The lowest BCUT2D eigenvalue weighted by molar-refractivity contribution is 0.0552. The number of aliphatic hydroxyl groups excluding tert-OH is 1. The Bertz CT molecular complexity index is 392. The van der Waals surface area contributed by atoms with Gasteiger partial charge in [0.25, 0.3) is 0 Å². The first kappa shape index (κ1) is 14.3. The normalized spacial score (nSPS) is 27.3. The van der Waals surface area contributed by atoms with Gasteiger partial charge in [-0.3, -0.25) is 0 Å². The van der Waals surface area contributed by atoms with Crippen molar-refractivity contribution in [1.29, 1.82) is 0 Å². The highest BCUT2D eigenvalue weighted by molar-refractivity contribution is 5.46. The monoisotopic (exact) mass is 265 g/mol. The van der Waals surface area contributed by atoms with Gasteiger partial charge in [-0.1, -0.05) is 6.92 Å². The van der Waals surface area contributed by atoms with Crippen LogP contribution >= 0.6 is 0 Å². The van der Waals surface area contributed by atoms with Crippen LogP contribution in [0.25, 0.3) is 0 Å². The predicted octanol–water partition coefficient (Wildman–Crippen LogP) is 3.45. The maximum absolute atomic E-state index is 13.0. The van der Waals surface area contributed by atoms with Gasteiger partial charge < -0.3 is 10.0 Å². The molecule has 0 heterocycles. The molecule has 0 saturated heterocycles. The fourth-order valence-electron chi connectivity index (χ4n) is 3.03. The fraction of sp³-hybridized carbons (Fsp3) is 0.625. The topological polar surface area (TPSA) is 23.5 Å². The van der Waals surface area contributed by atoms with Crippen LogP contribution in [-0.4, -0.2) is 24.3 Å². The maximum Gasteiger partial charge on any atom is 0.123 e. The van der Waals surface area contributed by atoms with Gasteiger partial charge in [-0.25, -0.2) is 4.39 Å². The molecular formula is C16H24FNO. The minimum atomic E-state index is -0.203. The molecule has 0 spiro atoms. The molecule has 0 aliphatic heterocycles. The van der Waals surface area contributed by atoms with E-state index < -0.39 is 0 Å². The van der Waals surface area contributed by atoms with Crippen molar-refractivity contribution in [2.45, 2.75) is 39.2 Å². The summed E-state index contributed by atoms with van der Waals surface area (Å²) in [6, 6.07) is 6.63. The molecule has 2 rings (SSSR count). The van der Waals surface area contributed by atoms with Crippen molar-refractivity contribution in [3.63, 3.8) is 0 Å². The van der Waals surface area contributed by atoms with Gasteiger partial charge in [0.15, 0.2) is 0 Å². The number of hydrogen-bond donors (Lipinski definition) is 1. The largest absolute Gasteiger partial charge is 0.393 e. The molecule has 1 aliphatic carbocycles. The Morgan fingerprint density at radius 2 is 1.95 bits per heavy atom. The summed E-state index contributed by atoms with van der Waals surface area (Å²) in [6.45, 7) is 6.09. The lowest BCUT2D eigenvalue weighted by Crippen LogP contribution is -2.38. The molecule has 1 saturated carbocycles. The molecule has 1 N–H and O–H groups in total. The first-order chi connectivity index (χ1) is 9.10. The van der Waals surface area contributed by atoms with Crippen molar-refractivity contribution in [2.75, 3.05) is 18.0 Å². The van der Waals surface area contributed by atoms with Crippen molar-refractivity contribution < 1.29 is 9.50 Å². The second kappa shape index (κ2) is 6.38. The summed E-state index contributed by atoms with van der Waals surface area (Å²) in [4.78, 5) is 2.23. The molecule has 3 unspecified atom stereocenters. The number of rotatable bonds is 4. The van der Waals surface area contributed by atoms with Crippen LogP contribution in [0.2, 0.25) is 0 Å². The summed E-state index contributed by atoms with van der Waals surface area (Å²) >= 11 is 0. The summed E-state index contributed by atoms with van der Waals surface area (Å²) in [5, 5.41) is 10.1. The van der Waals surface area contributed by atoms with Crippen LogP contribution in [0, 0.1) is 17.7 Å². The van der Waals surface area contributed by atoms with Crippen molar-refractivity contribution in [3.05, 3.63) is 30.1 Å². The number of halogens is 1. The third kappa shape index (κ3) is 3.69. The van der Waals surface area contributed by atoms with E-state index in [2.05, 4.69) is 18.7 Å². The number of benzene rings is 1. The quantitative estimate of drug-likeness (QED) is 0.901. The summed E-state index contributed by atoms with van der Waals surface area (Å²) in [7, 11) is 0. The van der Waals surface area contributed by atoms with E-state index in [0.717, 1.165) is 38.0 Å². The molecule has 0 amide bonds. The van der Waals surface area contributed by atoms with Crippen LogP contribution in [-0.2, 0) is 0 Å². The van der Waals surface area contributed by atoms with Crippen molar-refractivity contribution in [3.8, 4) is 0 Å². The molecule has 0 radical (unpaired) electrons. The van der Waals surface area contributed by atoms with E-state index in [1.54, 1.807) is 0 Å². The van der Waals surface area contributed by atoms with Crippen molar-refractivity contribution in [2.24, 2.45) is 11.8 Å². The standard InChI is InChI=1S/C16H24FNO/c1-3-18(15-7-5-14(17)6-8-15)11-13-10-12(2)4-9-16(13)19/h5-8,12-13,16,19H,3-4,9-11H2,1-2H3. The summed E-state index contributed by atoms with van der Waals surface area (Å²) in [5.74, 6) is 0.820. The fourth-order valence-corrected chi connectivity index (χ4v) is 3.03. The summed E-state index contributed by atoms with van der Waals surface area (Å²) < 4.78 is 13.0. The highest BCUT2D eigenvalue weighted by atomic mass is 19.1. The van der Waals surface area contributed by atoms with E-state index in [0.29, 0.717) is 11.8 Å². The Morgan fingerprint density at radius 3 is 2.58 bits per heavy atom. The second-order valence-corrected chi connectivity index (χ2v) is 5.76. The van der Waals surface area contributed by atoms with Crippen LogP contribution in [0.3, 0.4) is 0 Å². The van der Waals surface area contributed by atoms with Gasteiger partial charge in [-0.15, -0.1) is 0 Å². The lowest BCUT2D eigenvalue weighted by atomic mass is 9.80. The van der Waals surface area contributed by atoms with Gasteiger partial charge >= 0.3 is 0 Å². The minimum absolute atomic E-state index is 0.189. The lowest BCUT2D eigenvalue weighted by Gasteiger charge is -2.36. The molecule has 106 valence electrons. The molecule has 2 nitrogen and oxygen atoms in total. The zero-order chi connectivity index (χ0) is 13.8. The molecule has 1 fully saturated rings. The first-order valence-electron chi connectivity index (χ1n) is 7.28. The molecule has 0 aromatic heterocycles. The molecular weight excluding hydrogens is 241 g/mol. The average Bonchev–Trinajstić information content (AvgIpc) is 2.41. The Morgan fingerprint density at radius 1 is 1.26 bits per heavy atom. The van der Waals surface area contributed by atoms with E-state index in [1.165, 1.54) is 12.1 Å². The second-order valence-electron chi connectivity index (χ2n) is 5.76. The van der Waals surface area contributed by atoms with Crippen LogP contribution < -0.4 is 4.90 Å². The average molecular weight is 265 g/mol. The first-order valence-corrected chi connectivity index (χ1v) is 7.28. The van der Waals surface area contributed by atoms with E-state index in [-0.39, 0.29) is 11.9 Å². The smallest absolute Gasteiger partial charge is 0.123 e. The van der Waals surface area contributed by atoms with E-state index in [1.807, 2.05) is 12.1 Å². The highest BCUT2D eigenvalue weighted by Crippen LogP contribution is 2.30. The number of anilines is 1. The van der Waals surface area contributed by atoms with Crippen LogP contribution in [0.5, 0.6) is 0 Å². The van der Waals surface area contributed by atoms with Crippen LogP contribution in [0.4, 0.5) is 10.1 Å². The van der Waals surface area contributed by atoms with Crippen LogP contribution in [0.1, 0.15) is 33.1 Å².